The first-order valence-corrected chi connectivity index (χ1v) is 42.3. The molecule has 13 aromatic rings. The van der Waals surface area contributed by atoms with Crippen LogP contribution in [0.15, 0.2) is 164 Å². The maximum Gasteiger partial charge on any atom is 0.307 e. The van der Waals surface area contributed by atoms with Crippen LogP contribution in [0.2, 0.25) is 0 Å². The van der Waals surface area contributed by atoms with Gasteiger partial charge in [0.05, 0.1) is 17.7 Å². The quantitative estimate of drug-likeness (QED) is 0.0205. The summed E-state index contributed by atoms with van der Waals surface area (Å²) < 4.78 is 122. The number of hydrogen-bond acceptors (Lipinski definition) is 17. The van der Waals surface area contributed by atoms with Crippen molar-refractivity contribution < 1.29 is 109 Å². The summed E-state index contributed by atoms with van der Waals surface area (Å²) >= 11 is 0. The maximum absolute atomic E-state index is 14.6. The molecule has 12 heterocycles. The van der Waals surface area contributed by atoms with Crippen LogP contribution in [0.25, 0.3) is 72.2 Å². The number of amides is 3. The Kier molecular flexibility index (Phi) is 27.2. The molecule has 7 aliphatic rings. The topological polar surface area (TPSA) is 303 Å². The number of pyridine rings is 4. The molecule has 3 saturated heterocycles. The van der Waals surface area contributed by atoms with Crippen molar-refractivity contribution in [2.75, 3.05) is 114 Å². The van der Waals surface area contributed by atoms with Gasteiger partial charge in [-0.15, -0.1) is 0 Å². The summed E-state index contributed by atoms with van der Waals surface area (Å²) in [7, 11) is 13.4. The Morgan fingerprint density at radius 2 is 0.792 bits per heavy atom. The second kappa shape index (κ2) is 38.8. The zero-order chi connectivity index (χ0) is 91.8. The van der Waals surface area contributed by atoms with E-state index in [0.29, 0.717) is 78.7 Å². The molecule has 3 amide bonds. The van der Waals surface area contributed by atoms with Crippen molar-refractivity contribution in [2.24, 2.45) is 23.7 Å². The predicted molar refractivity (Wildman–Crippen MR) is 467 cm³/mol. The van der Waals surface area contributed by atoms with Crippen LogP contribution in [0.5, 0.6) is 0 Å². The Labute approximate surface area is 767 Å². The summed E-state index contributed by atoms with van der Waals surface area (Å²) in [5.74, 6) is -9.41. The number of benzene rings is 4. The van der Waals surface area contributed by atoms with E-state index in [1.54, 1.807) is 68.4 Å². The van der Waals surface area contributed by atoms with E-state index >= 15 is 0 Å². The third-order valence-corrected chi connectivity index (χ3v) is 25.3. The molecule has 7 fully saturated rings. The number of carbonyl (C=O) groups is 7. The van der Waals surface area contributed by atoms with Crippen molar-refractivity contribution in [3.8, 4) is 22.5 Å². The molecule has 2 radical (unpaired) electrons. The van der Waals surface area contributed by atoms with Crippen LogP contribution < -0.4 is 0 Å². The third-order valence-electron chi connectivity index (χ3n) is 25.3. The van der Waals surface area contributed by atoms with E-state index in [9.17, 15) is 68.7 Å². The van der Waals surface area contributed by atoms with Crippen LogP contribution in [-0.4, -0.2) is 249 Å². The second-order valence-electron chi connectivity index (χ2n) is 34.2. The van der Waals surface area contributed by atoms with E-state index < -0.39 is 64.2 Å². The summed E-state index contributed by atoms with van der Waals surface area (Å²) in [6.45, 7) is 9.84. The Hall–Kier alpha value is -12.3. The molecule has 2 unspecified atom stereocenters. The number of aromatic nitrogens is 9. The minimum Gasteiger partial charge on any atom is -0.481 e. The number of aromatic amines is 4. The molecule has 3 aliphatic heterocycles. The van der Waals surface area contributed by atoms with Crippen molar-refractivity contribution in [3.63, 3.8) is 0 Å². The van der Waals surface area contributed by atoms with Gasteiger partial charge < -0.3 is 63.9 Å². The molecule has 35 heteroatoms. The maximum atomic E-state index is 14.6. The van der Waals surface area contributed by atoms with E-state index in [2.05, 4.69) is 89.2 Å². The average molecular weight is 2000 g/mol. The van der Waals surface area contributed by atoms with E-state index in [0.717, 1.165) is 150 Å². The molecule has 0 bridgehead atoms. The van der Waals surface area contributed by atoms with Crippen LogP contribution >= 0.6 is 0 Å². The Morgan fingerprint density at radius 3 is 1.21 bits per heavy atom. The minimum atomic E-state index is -1.07. The summed E-state index contributed by atoms with van der Waals surface area (Å²) in [4.78, 5) is 133. The number of H-pyrrole nitrogens is 4. The number of ketones is 3. The molecule has 130 heavy (non-hydrogen) atoms. The molecule has 668 valence electrons. The first-order valence-electron chi connectivity index (χ1n) is 42.9. The average Bonchev–Trinajstić information content (AvgIpc) is 1.59. The minimum absolute atomic E-state index is 0. The zero-order valence-corrected chi connectivity index (χ0v) is 75.7. The van der Waals surface area contributed by atoms with Crippen molar-refractivity contribution >= 4 is 99.1 Å². The predicted octanol–water partition coefficient (Wildman–Crippen LogP) is 13.5. The van der Waals surface area contributed by atoms with Gasteiger partial charge in [0.2, 0.25) is 17.7 Å². The third kappa shape index (κ3) is 19.5. The van der Waals surface area contributed by atoms with Gasteiger partial charge in [0.25, 0.3) is 0 Å². The van der Waals surface area contributed by atoms with E-state index in [1.807, 2.05) is 32.9 Å². The Balaban J connectivity index is 0.000000133. The normalized spacial score (nSPS) is 20.1. The van der Waals surface area contributed by atoms with Crippen LogP contribution in [-0.2, 0) is 32.0 Å². The second-order valence-corrected chi connectivity index (χ2v) is 34.2. The largest absolute Gasteiger partial charge is 0.481 e. The zero-order valence-electron chi connectivity index (χ0n) is 72.5. The molecular formula is C95H91BF8N16O9U. The van der Waals surface area contributed by atoms with Crippen molar-refractivity contribution in [1.82, 2.24) is 79.3 Å². The van der Waals surface area contributed by atoms with Crippen molar-refractivity contribution in [1.29, 1.82) is 1.34 Å². The standard InChI is InChI=1S/C27H29F2N5O2.C25H23F2N5O2.C24H24F2N4O2.C19H14F2N2O3.BH.U/c1-32(2)15-22(17-5-4-6-23(28)24(17)29)25(35)21-14-31-26-19(21)11-16(13-30-26)18-12-20(18)27(36)34-9-7-33(3)8-10-34;1-31-5-7-32(8-6-31)25(33)18-10-16(18)14-9-17-19(12-29-24(17)28-11-14)23-20(13-30-34-23)15-3-2-4-21(26)22(15)27;1-29-5-7-30(8-6-29)24(32)18-11-16(18)15-9-17-19(13-28-23(17)27-12-15)21(31)10-14-3-2-4-20(25)22(14)26;20-15-3-1-2-9(17(15)21)5-16(24)14-8-23-18-12(14)4-10(7-22-18)11-6-13(11)19(25)26;;/h4-6,11,13-15,18,20H,7-10,12H2,1-3H3,(H,30,31);2-4,9,11-13,16,18H,5-8,10H2,1H3,(H,28,29);2-4,9,12-13,16,18H,5-8,10-11H2,1H3,(H,27,28);1-4,7-8,11,13H,5-6H2,(H,22,23)(H,25,26);1H;/b22-15-;;;;;/t18-,20+;2*16-,18+;;;/m000.../s1/i;;;;1T;. The fourth-order valence-corrected chi connectivity index (χ4v) is 17.5. The number of likely N-dealkylation sites (N-methyl/N-ethyl adjacent to an activating group) is 3. The van der Waals surface area contributed by atoms with E-state index in [4.69, 9.17) is 11.0 Å². The van der Waals surface area contributed by atoms with Gasteiger partial charge >= 0.3 is 5.97 Å². The monoisotopic (exact) mass is 2000 g/mol. The van der Waals surface area contributed by atoms with Gasteiger partial charge in [-0.2, -0.15) is 0 Å². The molecular weight excluding hydrogens is 1910 g/mol. The number of allylic oxidation sites excluding steroid dienone is 1. The molecule has 8 atom stereocenters. The van der Waals surface area contributed by atoms with Gasteiger partial charge in [-0.3, -0.25) is 33.6 Å². The van der Waals surface area contributed by atoms with Crippen molar-refractivity contribution in [2.45, 2.75) is 62.2 Å². The van der Waals surface area contributed by atoms with Gasteiger partial charge in [-0.25, -0.2) is 55.1 Å². The SMILES string of the molecule is CN(C)/C=C(\C(=O)c1c[nH]c2ncc([C@@H]3C[C@H]3C(=O)N3CCN(C)CC3)cc12)c1cccc(F)c1F.CN1CCN(C(=O)[C@@H]2C[C@H]2c2cnc3[nH]cc(-c4oncc4-c4cccc(F)c4F)c3c2)CC1.CN1CCN(C(=O)[C@@H]2C[C@H]2c2cnc3[nH]cc(C(=O)Cc4cccc(F)c4F)c3c2)CC1.O=C(Cc1cccc(F)c1F)c1c[nH]c2ncc(C3CC3C(=O)O)cc12.[3H][B].[U]. The molecule has 0 spiro atoms. The molecule has 20 rings (SSSR count). The van der Waals surface area contributed by atoms with Crippen molar-refractivity contribution in [3.05, 3.63) is 261 Å². The molecule has 4 aliphatic carbocycles. The number of hydrogen-bond donors (Lipinski definition) is 5. The van der Waals surface area contributed by atoms with Crippen LogP contribution in [0.4, 0.5) is 35.1 Å². The summed E-state index contributed by atoms with van der Waals surface area (Å²) in [5.41, 5.74) is 7.85. The smallest absolute Gasteiger partial charge is 0.307 e. The number of piperazine rings is 3. The fraction of sp³-hybridized carbons (Fsp3) is 0.326. The van der Waals surface area contributed by atoms with Gasteiger partial charge in [0, 0.05) is 279 Å². The first kappa shape index (κ1) is 91.0. The first-order chi connectivity index (χ1) is 62.6. The number of aliphatic carboxylic acids is 1. The number of nitrogens with one attached hydrogen (secondary N) is 4. The molecule has 4 saturated carbocycles. The molecule has 5 N–H and O–H groups in total. The van der Waals surface area contributed by atoms with Crippen LogP contribution in [0.1, 0.15) is 119 Å². The summed E-state index contributed by atoms with van der Waals surface area (Å²) in [6.07, 6.45) is 18.5. The Bertz CT molecular complexity index is 6560. The number of carboxylic acid groups (broad SMARTS) is 1. The van der Waals surface area contributed by atoms with E-state index in [1.165, 1.54) is 67.1 Å². The van der Waals surface area contributed by atoms with Gasteiger partial charge in [0.1, 0.15) is 22.6 Å². The fourth-order valence-electron chi connectivity index (χ4n) is 17.5. The Morgan fingerprint density at radius 1 is 0.438 bits per heavy atom. The number of nitrogens with zero attached hydrogens (tertiary/aromatic N) is 12. The molecule has 25 nitrogen and oxygen atoms in total. The number of carbonyl (C=O) groups excluding carboxylic acids is 6. The van der Waals surface area contributed by atoms with Gasteiger partial charge in [0.15, 0.2) is 69.6 Å². The molecule has 9 aromatic heterocycles. The number of halogens is 8. The summed E-state index contributed by atoms with van der Waals surface area (Å²) in [6, 6.07) is 22.9. The van der Waals surface area contributed by atoms with Gasteiger partial charge in [-0.05, 0) is 154 Å². The number of rotatable bonds is 20. The van der Waals surface area contributed by atoms with Crippen LogP contribution in [0, 0.1) is 101 Å². The number of carboxylic acids is 1. The van der Waals surface area contributed by atoms with E-state index in [-0.39, 0.29) is 142 Å². The molecule has 4 aromatic carbocycles. The van der Waals surface area contributed by atoms with Crippen LogP contribution in [0.3, 0.4) is 0 Å². The number of Topliss-reactive ketones (excluding diaryl/α,β-unsaturated/α-hetero) is 3. The summed E-state index contributed by atoms with van der Waals surface area (Å²) in [5, 5.41) is 15.5. The number of fused-ring (bicyclic) bond motifs is 4. The van der Waals surface area contributed by atoms with Gasteiger partial charge in [-0.1, -0.05) is 53.7 Å².